The monoisotopic (exact) mass is 415 g/mol. The van der Waals surface area contributed by atoms with Crippen LogP contribution in [0.5, 0.6) is 11.5 Å². The maximum absolute atomic E-state index is 14.9. The van der Waals surface area contributed by atoms with Crippen LogP contribution >= 0.6 is 11.3 Å². The fourth-order valence-corrected chi connectivity index (χ4v) is 5.11. The van der Waals surface area contributed by atoms with Crippen molar-refractivity contribution >= 4 is 32.9 Å². The molecule has 29 heavy (non-hydrogen) atoms. The minimum atomic E-state index is -4.71. The summed E-state index contributed by atoms with van der Waals surface area (Å²) in [5.41, 5.74) is -0.279. The number of hydrogen-bond acceptors (Lipinski definition) is 4. The number of alkyl halides is 3. The second kappa shape index (κ2) is 5.61. The lowest BCUT2D eigenvalue weighted by Crippen LogP contribution is -2.08. The van der Waals surface area contributed by atoms with Gasteiger partial charge in [-0.1, -0.05) is 0 Å². The Bertz CT molecular complexity index is 1410. The second-order valence-corrected chi connectivity index (χ2v) is 7.74. The molecule has 4 aromatic rings. The van der Waals surface area contributed by atoms with Gasteiger partial charge in [-0.3, -0.25) is 0 Å². The van der Waals surface area contributed by atoms with E-state index in [4.69, 9.17) is 0 Å². The van der Waals surface area contributed by atoms with E-state index in [1.54, 1.807) is 5.38 Å². The number of aromatic hydroxyl groups is 2. The maximum Gasteiger partial charge on any atom is 0.416 e. The van der Waals surface area contributed by atoms with Gasteiger partial charge in [0.2, 0.25) is 0 Å². The zero-order valence-electron chi connectivity index (χ0n) is 14.4. The first-order valence-corrected chi connectivity index (χ1v) is 9.30. The van der Waals surface area contributed by atoms with Crippen LogP contribution in [0.15, 0.2) is 29.6 Å². The minimum absolute atomic E-state index is 0.0679. The highest BCUT2D eigenvalue weighted by Crippen LogP contribution is 2.52. The number of fused-ring (bicyclic) bond motifs is 8. The third kappa shape index (κ3) is 2.34. The van der Waals surface area contributed by atoms with E-state index in [0.29, 0.717) is 33.4 Å². The lowest BCUT2D eigenvalue weighted by atomic mass is 9.92. The van der Waals surface area contributed by atoms with Gasteiger partial charge in [0.15, 0.2) is 0 Å². The SMILES string of the molecule is N#Cc1scc2c1c1c(c3c(F)cc(O)cc32)Cc2c-1cc(O)cc2C(F)(F)F. The van der Waals surface area contributed by atoms with Gasteiger partial charge in [-0.2, -0.15) is 18.4 Å². The zero-order valence-corrected chi connectivity index (χ0v) is 15.2. The summed E-state index contributed by atoms with van der Waals surface area (Å²) in [6, 6.07) is 6.18. The number of rotatable bonds is 0. The normalized spacial score (nSPS) is 12.9. The van der Waals surface area contributed by atoms with Gasteiger partial charge in [0.1, 0.15) is 28.3 Å². The molecule has 1 aliphatic rings. The van der Waals surface area contributed by atoms with Crippen LogP contribution < -0.4 is 0 Å². The molecule has 0 saturated heterocycles. The number of hydrogen-bond donors (Lipinski definition) is 2. The van der Waals surface area contributed by atoms with Crippen molar-refractivity contribution in [2.45, 2.75) is 12.6 Å². The van der Waals surface area contributed by atoms with E-state index in [0.717, 1.165) is 17.4 Å². The third-order valence-corrected chi connectivity index (χ3v) is 6.16. The fraction of sp³-hybridized carbons (Fsp3) is 0.0952. The van der Waals surface area contributed by atoms with Crippen molar-refractivity contribution in [3.05, 3.63) is 57.0 Å². The molecule has 2 N–H and O–H groups in total. The van der Waals surface area contributed by atoms with E-state index >= 15 is 0 Å². The lowest BCUT2D eigenvalue weighted by molar-refractivity contribution is -0.138. The summed E-state index contributed by atoms with van der Waals surface area (Å²) in [5, 5.41) is 32.3. The van der Waals surface area contributed by atoms with E-state index in [2.05, 4.69) is 0 Å². The summed E-state index contributed by atoms with van der Waals surface area (Å²) in [5.74, 6) is -1.63. The standard InChI is InChI=1S/C21H9F4NO2S/c22-16-4-9(28)2-12-14-7-29-17(6-26)20(14)19-11-1-8(27)3-15(21(23,24)25)10(11)5-13(19)18(12)16/h1-4,7,27-28H,5H2. The molecule has 8 heteroatoms. The predicted octanol–water partition coefficient (Wildman–Crippen LogP) is 6.07. The molecule has 1 aliphatic carbocycles. The molecule has 3 aromatic carbocycles. The van der Waals surface area contributed by atoms with Gasteiger partial charge in [-0.05, 0) is 45.8 Å². The first-order valence-electron chi connectivity index (χ1n) is 8.42. The summed E-state index contributed by atoms with van der Waals surface area (Å²) in [7, 11) is 0. The average Bonchev–Trinajstić information content (AvgIpc) is 3.20. The molecule has 0 spiro atoms. The van der Waals surface area contributed by atoms with Crippen molar-refractivity contribution in [2.24, 2.45) is 0 Å². The van der Waals surface area contributed by atoms with Crippen LogP contribution in [0.3, 0.4) is 0 Å². The Labute approximate surface area is 164 Å². The quantitative estimate of drug-likeness (QED) is 0.302. The lowest BCUT2D eigenvalue weighted by Gasteiger charge is -2.13. The van der Waals surface area contributed by atoms with Gasteiger partial charge in [0.05, 0.1) is 5.56 Å². The molecule has 144 valence electrons. The Hall–Kier alpha value is -3.31. The highest BCUT2D eigenvalue weighted by atomic mass is 32.1. The summed E-state index contributed by atoms with van der Waals surface area (Å²) < 4.78 is 55.7. The van der Waals surface area contributed by atoms with Crippen molar-refractivity contribution in [3.63, 3.8) is 0 Å². The first kappa shape index (κ1) is 17.8. The zero-order chi connectivity index (χ0) is 20.7. The Kier molecular flexibility index (Phi) is 3.44. The van der Waals surface area contributed by atoms with Crippen molar-refractivity contribution in [1.29, 1.82) is 5.26 Å². The minimum Gasteiger partial charge on any atom is -0.508 e. The number of halogens is 4. The number of benzene rings is 3. The highest BCUT2D eigenvalue weighted by Gasteiger charge is 2.39. The average molecular weight is 415 g/mol. The molecule has 0 bridgehead atoms. The van der Waals surface area contributed by atoms with E-state index < -0.39 is 23.3 Å². The number of phenols is 2. The molecular formula is C21H9F4NO2S. The molecular weight excluding hydrogens is 406 g/mol. The molecule has 0 saturated carbocycles. The van der Waals surface area contributed by atoms with Crippen LogP contribution in [-0.4, -0.2) is 10.2 Å². The molecule has 1 heterocycles. The largest absolute Gasteiger partial charge is 0.508 e. The smallest absolute Gasteiger partial charge is 0.416 e. The molecule has 0 fully saturated rings. The molecule has 0 aliphatic heterocycles. The first-order chi connectivity index (χ1) is 13.7. The highest BCUT2D eigenvalue weighted by molar-refractivity contribution is 7.12. The van der Waals surface area contributed by atoms with Crippen molar-refractivity contribution in [2.75, 3.05) is 0 Å². The summed E-state index contributed by atoms with van der Waals surface area (Å²) in [6.45, 7) is 0. The molecule has 5 rings (SSSR count). The Morgan fingerprint density at radius 2 is 1.69 bits per heavy atom. The Morgan fingerprint density at radius 1 is 0.966 bits per heavy atom. The van der Waals surface area contributed by atoms with Crippen LogP contribution in [0.4, 0.5) is 17.6 Å². The number of nitriles is 1. The van der Waals surface area contributed by atoms with Crippen LogP contribution in [0.25, 0.3) is 32.7 Å². The molecule has 0 radical (unpaired) electrons. The van der Waals surface area contributed by atoms with E-state index in [1.807, 2.05) is 6.07 Å². The van der Waals surface area contributed by atoms with E-state index in [-0.39, 0.29) is 33.6 Å². The number of phenolic OH excluding ortho intramolecular Hbond substituents is 2. The maximum atomic E-state index is 14.9. The molecule has 0 atom stereocenters. The molecule has 0 amide bonds. The van der Waals surface area contributed by atoms with E-state index in [1.165, 1.54) is 12.1 Å². The van der Waals surface area contributed by atoms with Crippen molar-refractivity contribution in [3.8, 4) is 28.7 Å². The van der Waals surface area contributed by atoms with E-state index in [9.17, 15) is 33.0 Å². The van der Waals surface area contributed by atoms with Gasteiger partial charge in [0.25, 0.3) is 0 Å². The van der Waals surface area contributed by atoms with Gasteiger partial charge in [-0.15, -0.1) is 11.3 Å². The number of thiophene rings is 1. The van der Waals surface area contributed by atoms with Crippen LogP contribution in [0, 0.1) is 17.1 Å². The van der Waals surface area contributed by atoms with Gasteiger partial charge in [0, 0.05) is 34.0 Å². The Morgan fingerprint density at radius 3 is 2.38 bits per heavy atom. The van der Waals surface area contributed by atoms with Crippen molar-refractivity contribution < 1.29 is 27.8 Å². The second-order valence-electron chi connectivity index (χ2n) is 6.86. The van der Waals surface area contributed by atoms with Gasteiger partial charge < -0.3 is 10.2 Å². The predicted molar refractivity (Wildman–Crippen MR) is 101 cm³/mol. The summed E-state index contributed by atoms with van der Waals surface area (Å²) >= 11 is 1.09. The van der Waals surface area contributed by atoms with Crippen LogP contribution in [0.2, 0.25) is 0 Å². The van der Waals surface area contributed by atoms with Gasteiger partial charge in [-0.25, -0.2) is 4.39 Å². The van der Waals surface area contributed by atoms with Crippen LogP contribution in [0.1, 0.15) is 21.6 Å². The molecule has 0 unspecified atom stereocenters. The van der Waals surface area contributed by atoms with Gasteiger partial charge >= 0.3 is 6.18 Å². The Balaban J connectivity index is 2.04. The van der Waals surface area contributed by atoms with Crippen LogP contribution in [-0.2, 0) is 12.6 Å². The molecule has 1 aromatic heterocycles. The number of nitrogens with zero attached hydrogens (tertiary/aromatic N) is 1. The third-order valence-electron chi connectivity index (χ3n) is 5.27. The summed E-state index contributed by atoms with van der Waals surface area (Å²) in [4.78, 5) is 0.270. The fourth-order valence-electron chi connectivity index (χ4n) is 4.25. The molecule has 3 nitrogen and oxygen atoms in total. The summed E-state index contributed by atoms with van der Waals surface area (Å²) in [6.07, 6.45) is -4.90. The van der Waals surface area contributed by atoms with Crippen molar-refractivity contribution in [1.82, 2.24) is 0 Å². The topological polar surface area (TPSA) is 64.2 Å².